The molecule has 1 aliphatic heterocycles. The maximum Gasteiger partial charge on any atom is 0.0809 e. The van der Waals surface area contributed by atoms with Gasteiger partial charge in [0.15, 0.2) is 0 Å². The van der Waals surface area contributed by atoms with Crippen molar-refractivity contribution in [3.8, 4) is 0 Å². The zero-order valence-corrected chi connectivity index (χ0v) is 18.5. The van der Waals surface area contributed by atoms with E-state index in [4.69, 9.17) is 4.99 Å². The molecule has 0 fully saturated rings. The van der Waals surface area contributed by atoms with Gasteiger partial charge in [-0.15, -0.1) is 0 Å². The number of fused-ring (bicyclic) bond motifs is 1. The van der Waals surface area contributed by atoms with E-state index >= 15 is 0 Å². The van der Waals surface area contributed by atoms with Crippen molar-refractivity contribution >= 4 is 43.3 Å². The highest BCUT2D eigenvalue weighted by Gasteiger charge is 2.32. The number of nitrogens with zero attached hydrogens (tertiary/aromatic N) is 1. The molecule has 2 aliphatic carbocycles. The molecule has 134 valence electrons. The SMILES string of the molecule is CC1=CCCC(CC2=Nc3c(Br)c(C)c(Br)c4c3CC2CCC4)CC1. The fraction of sp³-hybridized carbons (Fsp3) is 0.591. The van der Waals surface area contributed by atoms with E-state index in [2.05, 4.69) is 51.8 Å². The smallest absolute Gasteiger partial charge is 0.0809 e. The summed E-state index contributed by atoms with van der Waals surface area (Å²) in [5.41, 5.74) is 8.66. The van der Waals surface area contributed by atoms with Gasteiger partial charge in [0.2, 0.25) is 0 Å². The van der Waals surface area contributed by atoms with Crippen LogP contribution < -0.4 is 0 Å². The number of hydrogen-bond donors (Lipinski definition) is 0. The van der Waals surface area contributed by atoms with Gasteiger partial charge in [0.1, 0.15) is 0 Å². The van der Waals surface area contributed by atoms with E-state index < -0.39 is 0 Å². The molecule has 25 heavy (non-hydrogen) atoms. The number of allylic oxidation sites excluding steroid dienone is 2. The van der Waals surface area contributed by atoms with Crippen LogP contribution in [0.3, 0.4) is 0 Å². The monoisotopic (exact) mass is 463 g/mol. The molecule has 2 bridgehead atoms. The quantitative estimate of drug-likeness (QED) is 0.399. The van der Waals surface area contributed by atoms with Crippen molar-refractivity contribution < 1.29 is 0 Å². The Hall–Kier alpha value is -0.410. The molecule has 1 aromatic carbocycles. The third kappa shape index (κ3) is 3.43. The standard InChI is InChI=1S/C22H27Br2N/c1-13-5-3-6-15(10-9-13)11-19-16-7-4-8-17-18(12-16)22(25-19)21(24)14(2)20(17)23/h5,15-16H,3-4,6-12H2,1-2H3. The summed E-state index contributed by atoms with van der Waals surface area (Å²) in [5, 5.41) is 0. The van der Waals surface area contributed by atoms with Crippen molar-refractivity contribution in [1.29, 1.82) is 0 Å². The summed E-state index contributed by atoms with van der Waals surface area (Å²) < 4.78 is 2.51. The van der Waals surface area contributed by atoms with Crippen molar-refractivity contribution in [2.45, 2.75) is 71.6 Å². The van der Waals surface area contributed by atoms with Crippen LogP contribution in [0.15, 0.2) is 25.6 Å². The van der Waals surface area contributed by atoms with E-state index in [0.29, 0.717) is 5.92 Å². The Kier molecular flexibility index (Phi) is 5.25. The summed E-state index contributed by atoms with van der Waals surface area (Å²) in [5.74, 6) is 1.49. The second-order valence-corrected chi connectivity index (χ2v) is 9.78. The summed E-state index contributed by atoms with van der Waals surface area (Å²) in [7, 11) is 0. The first kappa shape index (κ1) is 18.0. The predicted octanol–water partition coefficient (Wildman–Crippen LogP) is 7.63. The topological polar surface area (TPSA) is 12.4 Å². The van der Waals surface area contributed by atoms with Gasteiger partial charge in [-0.3, -0.25) is 4.99 Å². The third-order valence-electron chi connectivity index (χ3n) is 6.45. The van der Waals surface area contributed by atoms with Crippen LogP contribution in [-0.2, 0) is 12.8 Å². The molecular formula is C22H27Br2N. The highest BCUT2D eigenvalue weighted by atomic mass is 79.9. The second kappa shape index (κ2) is 7.31. The largest absolute Gasteiger partial charge is 0.256 e. The predicted molar refractivity (Wildman–Crippen MR) is 114 cm³/mol. The van der Waals surface area contributed by atoms with E-state index in [0.717, 1.165) is 5.92 Å². The number of halogens is 2. The molecule has 0 N–H and O–H groups in total. The van der Waals surface area contributed by atoms with Gasteiger partial charge < -0.3 is 0 Å². The van der Waals surface area contributed by atoms with Gasteiger partial charge in [-0.2, -0.15) is 0 Å². The van der Waals surface area contributed by atoms with E-state index in [1.54, 1.807) is 5.57 Å². The molecule has 0 aromatic heterocycles. The highest BCUT2D eigenvalue weighted by Crippen LogP contribution is 2.47. The lowest BCUT2D eigenvalue weighted by Crippen LogP contribution is -2.23. The Labute approximate surface area is 168 Å². The van der Waals surface area contributed by atoms with Crippen molar-refractivity contribution in [3.63, 3.8) is 0 Å². The second-order valence-electron chi connectivity index (χ2n) is 8.19. The van der Waals surface area contributed by atoms with Crippen LogP contribution in [0.1, 0.15) is 68.6 Å². The Morgan fingerprint density at radius 1 is 1.04 bits per heavy atom. The maximum absolute atomic E-state index is 5.28. The van der Waals surface area contributed by atoms with Crippen LogP contribution in [0.25, 0.3) is 0 Å². The van der Waals surface area contributed by atoms with Crippen molar-refractivity contribution in [3.05, 3.63) is 37.3 Å². The van der Waals surface area contributed by atoms with Gasteiger partial charge in [-0.25, -0.2) is 0 Å². The van der Waals surface area contributed by atoms with Crippen LogP contribution >= 0.6 is 31.9 Å². The fourth-order valence-electron chi connectivity index (χ4n) is 4.85. The Morgan fingerprint density at radius 3 is 2.72 bits per heavy atom. The number of aliphatic imine (C=N–C) groups is 1. The van der Waals surface area contributed by atoms with Crippen LogP contribution in [0.4, 0.5) is 5.69 Å². The van der Waals surface area contributed by atoms with E-state index in [-0.39, 0.29) is 0 Å². The molecule has 2 atom stereocenters. The van der Waals surface area contributed by atoms with Gasteiger partial charge in [-0.05, 0) is 110 Å². The molecule has 1 aromatic rings. The van der Waals surface area contributed by atoms with Crippen LogP contribution in [0.5, 0.6) is 0 Å². The van der Waals surface area contributed by atoms with Gasteiger partial charge in [0.25, 0.3) is 0 Å². The van der Waals surface area contributed by atoms with E-state index in [1.807, 2.05) is 0 Å². The summed E-state index contributed by atoms with van der Waals surface area (Å²) in [6, 6.07) is 0. The summed E-state index contributed by atoms with van der Waals surface area (Å²) in [6.07, 6.45) is 13.9. The summed E-state index contributed by atoms with van der Waals surface area (Å²) in [6.45, 7) is 4.50. The molecule has 0 radical (unpaired) electrons. The first-order chi connectivity index (χ1) is 12.0. The number of hydrogen-bond acceptors (Lipinski definition) is 1. The summed E-state index contributed by atoms with van der Waals surface area (Å²) >= 11 is 7.70. The molecule has 2 unspecified atom stereocenters. The minimum absolute atomic E-state index is 0.674. The van der Waals surface area contributed by atoms with E-state index in [1.165, 1.54) is 94.8 Å². The molecule has 0 saturated carbocycles. The van der Waals surface area contributed by atoms with Crippen LogP contribution in [0.2, 0.25) is 0 Å². The third-order valence-corrected chi connectivity index (χ3v) is 8.49. The molecule has 0 amide bonds. The molecule has 0 saturated heterocycles. The fourth-order valence-corrected chi connectivity index (χ4v) is 6.28. The van der Waals surface area contributed by atoms with Crippen molar-refractivity contribution in [1.82, 2.24) is 0 Å². The molecule has 3 heteroatoms. The normalized spacial score (nSPS) is 25.8. The Morgan fingerprint density at radius 2 is 1.88 bits per heavy atom. The van der Waals surface area contributed by atoms with Crippen LogP contribution in [0, 0.1) is 18.8 Å². The lowest BCUT2D eigenvalue weighted by molar-refractivity contribution is 0.466. The first-order valence-electron chi connectivity index (χ1n) is 9.77. The number of benzene rings is 1. The average Bonchev–Trinajstić information content (AvgIpc) is 2.92. The number of rotatable bonds is 2. The van der Waals surface area contributed by atoms with Crippen LogP contribution in [-0.4, -0.2) is 5.71 Å². The summed E-state index contributed by atoms with van der Waals surface area (Å²) in [4.78, 5) is 5.28. The zero-order chi connectivity index (χ0) is 17.6. The van der Waals surface area contributed by atoms with Crippen molar-refractivity contribution in [2.24, 2.45) is 16.8 Å². The highest BCUT2D eigenvalue weighted by molar-refractivity contribution is 9.11. The van der Waals surface area contributed by atoms with Crippen molar-refractivity contribution in [2.75, 3.05) is 0 Å². The van der Waals surface area contributed by atoms with Gasteiger partial charge >= 0.3 is 0 Å². The molecule has 1 nitrogen and oxygen atoms in total. The molecule has 0 spiro atoms. The molecule has 1 heterocycles. The van der Waals surface area contributed by atoms with Gasteiger partial charge in [0, 0.05) is 20.6 Å². The molecule has 4 rings (SSSR count). The first-order valence-corrected chi connectivity index (χ1v) is 11.4. The molecular weight excluding hydrogens is 438 g/mol. The maximum atomic E-state index is 5.28. The lowest BCUT2D eigenvalue weighted by atomic mass is 9.82. The zero-order valence-electron chi connectivity index (χ0n) is 15.3. The minimum atomic E-state index is 0.674. The average molecular weight is 465 g/mol. The Bertz CT molecular complexity index is 760. The minimum Gasteiger partial charge on any atom is -0.256 e. The van der Waals surface area contributed by atoms with Gasteiger partial charge in [-0.1, -0.05) is 27.6 Å². The molecule has 3 aliphatic rings. The van der Waals surface area contributed by atoms with Gasteiger partial charge in [0.05, 0.1) is 5.69 Å². The Balaban J connectivity index is 1.68. The lowest BCUT2D eigenvalue weighted by Gasteiger charge is -2.28. The van der Waals surface area contributed by atoms with E-state index in [9.17, 15) is 0 Å².